The number of carboxylic acids is 1. The van der Waals surface area contributed by atoms with Crippen molar-refractivity contribution in [3.63, 3.8) is 0 Å². The molecule has 2 aromatic heterocycles. The average molecular weight is 637 g/mol. The summed E-state index contributed by atoms with van der Waals surface area (Å²) >= 11 is 0. The summed E-state index contributed by atoms with van der Waals surface area (Å²) in [6.07, 6.45) is 4.00. The summed E-state index contributed by atoms with van der Waals surface area (Å²) in [5.41, 5.74) is 10.5. The van der Waals surface area contributed by atoms with Crippen molar-refractivity contribution in [3.05, 3.63) is 108 Å². The molecule has 11 heteroatoms. The van der Waals surface area contributed by atoms with Gasteiger partial charge in [-0.1, -0.05) is 80.6 Å². The molecule has 0 aliphatic rings. The Labute approximate surface area is 272 Å². The largest absolute Gasteiger partial charge is 0.480 e. The van der Waals surface area contributed by atoms with E-state index in [-0.39, 0.29) is 19.3 Å². The van der Waals surface area contributed by atoms with Gasteiger partial charge in [0.2, 0.25) is 17.7 Å². The first kappa shape index (κ1) is 33.0. The van der Waals surface area contributed by atoms with Gasteiger partial charge in [0.05, 0.1) is 6.04 Å². The topological polar surface area (TPSA) is 182 Å². The smallest absolute Gasteiger partial charge is 0.326 e. The van der Waals surface area contributed by atoms with Gasteiger partial charge in [-0.05, 0) is 41.2 Å². The summed E-state index contributed by atoms with van der Waals surface area (Å²) in [4.78, 5) is 59.2. The molecule has 0 saturated carbocycles. The highest BCUT2D eigenvalue weighted by Crippen LogP contribution is 2.20. The average Bonchev–Trinajstić information content (AvgIpc) is 3.67. The first-order chi connectivity index (χ1) is 22.6. The van der Waals surface area contributed by atoms with Crippen LogP contribution in [0.15, 0.2) is 91.3 Å². The van der Waals surface area contributed by atoms with Crippen LogP contribution in [-0.4, -0.2) is 62.9 Å². The number of aromatic amines is 2. The van der Waals surface area contributed by atoms with E-state index >= 15 is 0 Å². The van der Waals surface area contributed by atoms with Gasteiger partial charge in [0.15, 0.2) is 0 Å². The van der Waals surface area contributed by atoms with Crippen LogP contribution in [0, 0.1) is 5.92 Å². The Morgan fingerprint density at radius 3 is 1.77 bits per heavy atom. The van der Waals surface area contributed by atoms with Crippen LogP contribution in [0.25, 0.3) is 21.8 Å². The molecule has 0 fully saturated rings. The van der Waals surface area contributed by atoms with Gasteiger partial charge in [-0.2, -0.15) is 0 Å². The minimum absolute atomic E-state index is 0.0465. The summed E-state index contributed by atoms with van der Waals surface area (Å²) in [6, 6.07) is 20.1. The van der Waals surface area contributed by atoms with E-state index in [4.69, 9.17) is 5.73 Å². The van der Waals surface area contributed by atoms with Crippen molar-refractivity contribution in [2.45, 2.75) is 57.3 Å². The van der Waals surface area contributed by atoms with Crippen molar-refractivity contribution in [3.8, 4) is 0 Å². The first-order valence-electron chi connectivity index (χ1n) is 15.6. The second kappa shape index (κ2) is 14.8. The van der Waals surface area contributed by atoms with Crippen molar-refractivity contribution in [2.24, 2.45) is 11.7 Å². The van der Waals surface area contributed by atoms with Crippen LogP contribution < -0.4 is 21.7 Å². The predicted octanol–water partition coefficient (Wildman–Crippen LogP) is 3.20. The molecule has 8 N–H and O–H groups in total. The Morgan fingerprint density at radius 2 is 1.19 bits per heavy atom. The maximum atomic E-state index is 13.8. The third-order valence-corrected chi connectivity index (χ3v) is 8.33. The Kier molecular flexibility index (Phi) is 10.4. The molecule has 5 aromatic rings. The Morgan fingerprint density at radius 1 is 0.660 bits per heavy atom. The van der Waals surface area contributed by atoms with Crippen molar-refractivity contribution in [2.75, 3.05) is 0 Å². The number of fused-ring (bicyclic) bond motifs is 2. The SMILES string of the molecule is CC(C)C(NC(=O)C(Cc1ccccc1)NC(=O)C(N)Cc1c[nH]c2ccccc12)C(=O)NC(Cc1c[nH]c2ccccc12)C(=O)O. The second-order valence-electron chi connectivity index (χ2n) is 12.1. The standard InChI is InChI=1S/C36H40N6O5/c1-21(2)32(35(45)41-31(36(46)47)18-24-20-39-29-15-9-7-13-26(24)29)42-34(44)30(16-22-10-4-3-5-11-22)40-33(43)27(37)17-23-19-38-28-14-8-6-12-25(23)28/h3-15,19-21,27,30-32,38-39H,16-18,37H2,1-2H3,(H,40,43)(H,41,45)(H,42,44)(H,46,47). The van der Waals surface area contributed by atoms with Crippen LogP contribution in [-0.2, 0) is 38.4 Å². The lowest BCUT2D eigenvalue weighted by molar-refractivity contribution is -0.142. The molecule has 47 heavy (non-hydrogen) atoms. The lowest BCUT2D eigenvalue weighted by Crippen LogP contribution is -2.59. The molecule has 0 spiro atoms. The molecule has 4 unspecified atom stereocenters. The molecule has 0 aliphatic carbocycles. The van der Waals surface area contributed by atoms with Crippen LogP contribution >= 0.6 is 0 Å². The third-order valence-electron chi connectivity index (χ3n) is 8.33. The maximum Gasteiger partial charge on any atom is 0.326 e. The first-order valence-corrected chi connectivity index (χ1v) is 15.6. The minimum Gasteiger partial charge on any atom is -0.480 e. The fourth-order valence-corrected chi connectivity index (χ4v) is 5.74. The molecule has 5 rings (SSSR count). The number of hydrogen-bond donors (Lipinski definition) is 7. The van der Waals surface area contributed by atoms with Gasteiger partial charge in [-0.25, -0.2) is 4.79 Å². The molecule has 0 bridgehead atoms. The molecular weight excluding hydrogens is 596 g/mol. The van der Waals surface area contributed by atoms with Crippen molar-refractivity contribution in [1.82, 2.24) is 25.9 Å². The van der Waals surface area contributed by atoms with E-state index in [0.29, 0.717) is 0 Å². The highest BCUT2D eigenvalue weighted by Gasteiger charge is 2.32. The van der Waals surface area contributed by atoms with E-state index < -0.39 is 53.8 Å². The molecule has 3 amide bonds. The van der Waals surface area contributed by atoms with Gasteiger partial charge in [0.25, 0.3) is 0 Å². The van der Waals surface area contributed by atoms with Crippen LogP contribution in [0.2, 0.25) is 0 Å². The summed E-state index contributed by atoms with van der Waals surface area (Å²) in [7, 11) is 0. The van der Waals surface area contributed by atoms with Gasteiger partial charge in [-0.15, -0.1) is 0 Å². The zero-order chi connectivity index (χ0) is 33.5. The Balaban J connectivity index is 1.29. The number of aromatic nitrogens is 2. The summed E-state index contributed by atoms with van der Waals surface area (Å²) in [6.45, 7) is 3.50. The molecule has 0 saturated heterocycles. The van der Waals surface area contributed by atoms with E-state index in [1.165, 1.54) is 0 Å². The van der Waals surface area contributed by atoms with E-state index in [9.17, 15) is 24.3 Å². The molecule has 0 radical (unpaired) electrons. The number of aliphatic carboxylic acids is 1. The van der Waals surface area contributed by atoms with Crippen LogP contribution in [0.3, 0.4) is 0 Å². The quantitative estimate of drug-likeness (QED) is 0.0982. The molecule has 0 aliphatic heterocycles. The lowest BCUT2D eigenvalue weighted by atomic mass is 9.99. The van der Waals surface area contributed by atoms with Crippen molar-refractivity contribution < 1.29 is 24.3 Å². The zero-order valence-electron chi connectivity index (χ0n) is 26.3. The van der Waals surface area contributed by atoms with Gasteiger partial charge in [-0.3, -0.25) is 14.4 Å². The Bertz CT molecular complexity index is 1860. The van der Waals surface area contributed by atoms with Crippen LogP contribution in [0.4, 0.5) is 0 Å². The number of hydrogen-bond acceptors (Lipinski definition) is 5. The number of para-hydroxylation sites is 2. The van der Waals surface area contributed by atoms with Gasteiger partial charge in [0.1, 0.15) is 18.1 Å². The predicted molar refractivity (Wildman–Crippen MR) is 180 cm³/mol. The maximum absolute atomic E-state index is 13.8. The molecular formula is C36H40N6O5. The van der Waals surface area contributed by atoms with Gasteiger partial charge < -0.3 is 36.8 Å². The Hall–Kier alpha value is -5.42. The monoisotopic (exact) mass is 636 g/mol. The number of carboxylic acid groups (broad SMARTS) is 1. The van der Waals surface area contributed by atoms with Gasteiger partial charge in [0, 0.05) is 47.0 Å². The molecule has 4 atom stereocenters. The van der Waals surface area contributed by atoms with E-state index in [0.717, 1.165) is 38.5 Å². The molecule has 244 valence electrons. The highest BCUT2D eigenvalue weighted by atomic mass is 16.4. The van der Waals surface area contributed by atoms with Crippen molar-refractivity contribution >= 4 is 45.5 Å². The number of amides is 3. The number of nitrogens with one attached hydrogen (secondary N) is 5. The number of carbonyl (C=O) groups excluding carboxylic acids is 3. The number of carbonyl (C=O) groups is 4. The third kappa shape index (κ3) is 8.06. The van der Waals surface area contributed by atoms with Crippen LogP contribution in [0.1, 0.15) is 30.5 Å². The molecule has 11 nitrogen and oxygen atoms in total. The number of rotatable bonds is 14. The minimum atomic E-state index is -1.23. The van der Waals surface area contributed by atoms with E-state index in [1.54, 1.807) is 20.0 Å². The highest BCUT2D eigenvalue weighted by molar-refractivity contribution is 5.95. The number of H-pyrrole nitrogens is 2. The number of nitrogens with two attached hydrogens (primary N) is 1. The van der Waals surface area contributed by atoms with E-state index in [1.807, 2.05) is 85.1 Å². The normalized spacial score (nSPS) is 14.0. The lowest BCUT2D eigenvalue weighted by Gasteiger charge is -2.27. The van der Waals surface area contributed by atoms with E-state index in [2.05, 4.69) is 25.9 Å². The van der Waals surface area contributed by atoms with Crippen LogP contribution in [0.5, 0.6) is 0 Å². The molecule has 2 heterocycles. The van der Waals surface area contributed by atoms with Gasteiger partial charge >= 0.3 is 5.97 Å². The zero-order valence-corrected chi connectivity index (χ0v) is 26.3. The summed E-state index contributed by atoms with van der Waals surface area (Å²) < 4.78 is 0. The fourth-order valence-electron chi connectivity index (χ4n) is 5.74. The van der Waals surface area contributed by atoms with Crippen molar-refractivity contribution in [1.29, 1.82) is 0 Å². The fraction of sp³-hybridized carbons (Fsp3) is 0.278. The molecule has 3 aromatic carbocycles. The number of benzene rings is 3. The summed E-state index contributed by atoms with van der Waals surface area (Å²) in [5.74, 6) is -3.32. The summed E-state index contributed by atoms with van der Waals surface area (Å²) in [5, 5.41) is 20.0. The second-order valence-corrected chi connectivity index (χ2v) is 12.1.